The average molecular weight is 214 g/mol. The first-order valence-electron chi connectivity index (χ1n) is 6.05. The molecule has 1 aromatic carbocycles. The molecule has 1 heterocycles. The topological polar surface area (TPSA) is 35.8 Å². The van der Waals surface area contributed by atoms with Gasteiger partial charge in [0.1, 0.15) is 0 Å². The lowest BCUT2D eigenvalue weighted by Gasteiger charge is -2.12. The number of nitriles is 1. The summed E-state index contributed by atoms with van der Waals surface area (Å²) < 4.78 is 0. The zero-order valence-electron chi connectivity index (χ0n) is 9.74. The summed E-state index contributed by atoms with van der Waals surface area (Å²) in [7, 11) is 0. The molecule has 84 valence electrons. The monoisotopic (exact) mass is 214 g/mol. The van der Waals surface area contributed by atoms with E-state index in [0.29, 0.717) is 5.92 Å². The Morgan fingerprint density at radius 3 is 3.06 bits per heavy atom. The molecule has 1 aliphatic rings. The minimum atomic E-state index is 0.0503. The van der Waals surface area contributed by atoms with Crippen molar-refractivity contribution in [1.82, 2.24) is 5.32 Å². The largest absolute Gasteiger partial charge is 0.316 e. The van der Waals surface area contributed by atoms with Crippen LogP contribution >= 0.6 is 0 Å². The molecule has 0 bridgehead atoms. The second-order valence-electron chi connectivity index (χ2n) is 4.45. The molecule has 2 atom stereocenters. The van der Waals surface area contributed by atoms with Gasteiger partial charge in [-0.1, -0.05) is 31.2 Å². The van der Waals surface area contributed by atoms with E-state index in [1.165, 1.54) is 17.5 Å². The highest BCUT2D eigenvalue weighted by atomic mass is 14.9. The number of nitrogens with one attached hydrogen (secondary N) is 1. The normalized spacial score (nSPS) is 21.6. The number of hydrogen-bond donors (Lipinski definition) is 1. The molecule has 0 amide bonds. The van der Waals surface area contributed by atoms with Crippen LogP contribution in [0.25, 0.3) is 0 Å². The van der Waals surface area contributed by atoms with E-state index in [9.17, 15) is 0 Å². The van der Waals surface area contributed by atoms with Crippen molar-refractivity contribution in [3.63, 3.8) is 0 Å². The lowest BCUT2D eigenvalue weighted by Crippen LogP contribution is -2.08. The van der Waals surface area contributed by atoms with Gasteiger partial charge in [0.25, 0.3) is 0 Å². The minimum Gasteiger partial charge on any atom is -0.316 e. The Kier molecular flexibility index (Phi) is 3.58. The molecule has 2 nitrogen and oxygen atoms in total. The Labute approximate surface area is 97.3 Å². The molecule has 2 unspecified atom stereocenters. The predicted molar refractivity (Wildman–Crippen MR) is 65.3 cm³/mol. The van der Waals surface area contributed by atoms with Crippen molar-refractivity contribution in [2.75, 3.05) is 13.1 Å². The van der Waals surface area contributed by atoms with Crippen LogP contribution in [0.4, 0.5) is 0 Å². The molecule has 0 aromatic heterocycles. The van der Waals surface area contributed by atoms with Crippen LogP contribution in [0.5, 0.6) is 0 Å². The van der Waals surface area contributed by atoms with E-state index in [0.717, 1.165) is 19.5 Å². The molecule has 2 heteroatoms. The van der Waals surface area contributed by atoms with E-state index < -0.39 is 0 Å². The Hall–Kier alpha value is -1.33. The highest BCUT2D eigenvalue weighted by molar-refractivity contribution is 5.32. The fraction of sp³-hybridized carbons (Fsp3) is 0.500. The van der Waals surface area contributed by atoms with Crippen LogP contribution in [-0.2, 0) is 0 Å². The van der Waals surface area contributed by atoms with Gasteiger partial charge in [0.05, 0.1) is 12.0 Å². The van der Waals surface area contributed by atoms with Crippen LogP contribution in [0, 0.1) is 11.3 Å². The van der Waals surface area contributed by atoms with Crippen LogP contribution in [0.15, 0.2) is 24.3 Å². The molecule has 2 rings (SSSR count). The van der Waals surface area contributed by atoms with Gasteiger partial charge in [0.2, 0.25) is 0 Å². The number of hydrogen-bond acceptors (Lipinski definition) is 2. The molecule has 0 aliphatic carbocycles. The number of nitrogens with zero attached hydrogens (tertiary/aromatic N) is 1. The molecule has 1 aromatic rings. The van der Waals surface area contributed by atoms with Gasteiger partial charge in [-0.3, -0.25) is 0 Å². The van der Waals surface area contributed by atoms with Crippen LogP contribution in [-0.4, -0.2) is 13.1 Å². The van der Waals surface area contributed by atoms with Crippen LogP contribution < -0.4 is 5.32 Å². The summed E-state index contributed by atoms with van der Waals surface area (Å²) in [5, 5.41) is 12.5. The molecule has 1 N–H and O–H groups in total. The van der Waals surface area contributed by atoms with E-state index in [4.69, 9.17) is 5.26 Å². The number of benzene rings is 1. The molecule has 1 saturated heterocycles. The SMILES string of the molecule is CCC(C#N)c1cccc(C2CCNC2)c1. The highest BCUT2D eigenvalue weighted by Gasteiger charge is 2.17. The zero-order valence-corrected chi connectivity index (χ0v) is 9.74. The van der Waals surface area contributed by atoms with E-state index in [2.05, 4.69) is 42.6 Å². The summed E-state index contributed by atoms with van der Waals surface area (Å²) in [5.41, 5.74) is 2.56. The van der Waals surface area contributed by atoms with E-state index in [1.54, 1.807) is 0 Å². The van der Waals surface area contributed by atoms with Crippen LogP contribution in [0.2, 0.25) is 0 Å². The molecule has 1 fully saturated rings. The summed E-state index contributed by atoms with van der Waals surface area (Å²) in [6, 6.07) is 10.9. The maximum absolute atomic E-state index is 9.07. The highest BCUT2D eigenvalue weighted by Crippen LogP contribution is 2.26. The first-order valence-corrected chi connectivity index (χ1v) is 6.05. The predicted octanol–water partition coefficient (Wildman–Crippen LogP) is 2.78. The third kappa shape index (κ3) is 2.25. The second kappa shape index (κ2) is 5.14. The lowest BCUT2D eigenvalue weighted by molar-refractivity contribution is 0.754. The molecule has 16 heavy (non-hydrogen) atoms. The summed E-state index contributed by atoms with van der Waals surface area (Å²) in [4.78, 5) is 0. The first-order chi connectivity index (χ1) is 7.85. The molecule has 0 radical (unpaired) electrons. The fourth-order valence-electron chi connectivity index (χ4n) is 2.37. The van der Waals surface area contributed by atoms with E-state index in [-0.39, 0.29) is 5.92 Å². The summed E-state index contributed by atoms with van der Waals surface area (Å²) in [6.45, 7) is 4.26. The Bertz CT molecular complexity index is 386. The maximum atomic E-state index is 9.07. The van der Waals surface area contributed by atoms with Gasteiger partial charge >= 0.3 is 0 Å². The van der Waals surface area contributed by atoms with Crippen molar-refractivity contribution in [2.24, 2.45) is 0 Å². The standard InChI is InChI=1S/C14H18N2/c1-2-11(9-15)12-4-3-5-13(8-12)14-6-7-16-10-14/h3-5,8,11,14,16H,2,6-7,10H2,1H3. The van der Waals surface area contributed by atoms with Gasteiger partial charge < -0.3 is 5.32 Å². The van der Waals surface area contributed by atoms with Gasteiger partial charge in [-0.2, -0.15) is 5.26 Å². The first kappa shape index (κ1) is 11.2. The van der Waals surface area contributed by atoms with Crippen LogP contribution in [0.1, 0.15) is 42.7 Å². The summed E-state index contributed by atoms with van der Waals surface area (Å²) in [5.74, 6) is 0.686. The Morgan fingerprint density at radius 2 is 2.44 bits per heavy atom. The van der Waals surface area contributed by atoms with Gasteiger partial charge in [0.15, 0.2) is 0 Å². The zero-order chi connectivity index (χ0) is 11.4. The summed E-state index contributed by atoms with van der Waals surface area (Å²) in [6.07, 6.45) is 2.11. The van der Waals surface area contributed by atoms with Gasteiger partial charge in [-0.05, 0) is 36.4 Å². The van der Waals surface area contributed by atoms with Crippen molar-refractivity contribution in [3.05, 3.63) is 35.4 Å². The van der Waals surface area contributed by atoms with E-state index in [1.807, 2.05) is 0 Å². The third-order valence-corrected chi connectivity index (χ3v) is 3.41. The van der Waals surface area contributed by atoms with Crippen molar-refractivity contribution in [3.8, 4) is 6.07 Å². The second-order valence-corrected chi connectivity index (χ2v) is 4.45. The van der Waals surface area contributed by atoms with Crippen molar-refractivity contribution >= 4 is 0 Å². The minimum absolute atomic E-state index is 0.0503. The van der Waals surface area contributed by atoms with E-state index >= 15 is 0 Å². The van der Waals surface area contributed by atoms with Gasteiger partial charge in [-0.15, -0.1) is 0 Å². The summed E-state index contributed by atoms with van der Waals surface area (Å²) >= 11 is 0. The smallest absolute Gasteiger partial charge is 0.0710 e. The Balaban J connectivity index is 2.22. The quantitative estimate of drug-likeness (QED) is 0.839. The van der Waals surface area contributed by atoms with Crippen molar-refractivity contribution in [1.29, 1.82) is 5.26 Å². The molecular weight excluding hydrogens is 196 g/mol. The average Bonchev–Trinajstić information content (AvgIpc) is 2.85. The molecule has 1 aliphatic heterocycles. The molecular formula is C14H18N2. The fourth-order valence-corrected chi connectivity index (χ4v) is 2.37. The van der Waals surface area contributed by atoms with Crippen molar-refractivity contribution < 1.29 is 0 Å². The third-order valence-electron chi connectivity index (χ3n) is 3.41. The lowest BCUT2D eigenvalue weighted by atomic mass is 9.91. The van der Waals surface area contributed by atoms with Crippen molar-refractivity contribution in [2.45, 2.75) is 31.6 Å². The molecule has 0 spiro atoms. The molecule has 0 saturated carbocycles. The number of rotatable bonds is 3. The van der Waals surface area contributed by atoms with Gasteiger partial charge in [0, 0.05) is 6.54 Å². The van der Waals surface area contributed by atoms with Crippen LogP contribution in [0.3, 0.4) is 0 Å². The Morgan fingerprint density at radius 1 is 1.56 bits per heavy atom. The van der Waals surface area contributed by atoms with Gasteiger partial charge in [-0.25, -0.2) is 0 Å². The maximum Gasteiger partial charge on any atom is 0.0710 e.